The number of hydrogen-bond acceptors (Lipinski definition) is 5. The molecule has 0 radical (unpaired) electrons. The molecule has 3 N–H and O–H groups in total. The monoisotopic (exact) mass is 320 g/mol. The number of β-amino-alcohol motifs (C(OH)–C–C–N with tert-alkyl or cyclic N) is 1. The fraction of sp³-hybridized carbons (Fsp3) is 0.562. The Morgan fingerprint density at radius 2 is 2.13 bits per heavy atom. The van der Waals surface area contributed by atoms with Crippen LogP contribution in [0.5, 0.6) is 0 Å². The quantitative estimate of drug-likeness (QED) is 0.695. The Morgan fingerprint density at radius 3 is 2.96 bits per heavy atom. The predicted molar refractivity (Wildman–Crippen MR) is 88.5 cm³/mol. The largest absolute Gasteiger partial charge is 0.385 e. The molecular formula is C16H24N4O3. The summed E-state index contributed by atoms with van der Waals surface area (Å²) in [5, 5.41) is 16.9. The molecule has 3 rings (SSSR count). The summed E-state index contributed by atoms with van der Waals surface area (Å²) in [5.74, 6) is 0. The first kappa shape index (κ1) is 16.2. The van der Waals surface area contributed by atoms with E-state index in [-0.39, 0.29) is 5.69 Å². The van der Waals surface area contributed by atoms with Crippen molar-refractivity contribution in [2.45, 2.75) is 12.1 Å². The maximum atomic E-state index is 12.0. The topological polar surface area (TPSA) is 80.5 Å². The first-order valence-electron chi connectivity index (χ1n) is 7.86. The van der Waals surface area contributed by atoms with Crippen LogP contribution in [0.15, 0.2) is 23.0 Å². The Bertz CT molecular complexity index is 742. The Hall–Kier alpha value is -1.67. The van der Waals surface area contributed by atoms with Gasteiger partial charge < -0.3 is 20.5 Å². The molecule has 1 saturated heterocycles. The van der Waals surface area contributed by atoms with E-state index in [0.717, 1.165) is 23.1 Å². The molecule has 1 atom stereocenters. The van der Waals surface area contributed by atoms with Gasteiger partial charge in [0.1, 0.15) is 5.60 Å². The lowest BCUT2D eigenvalue weighted by Gasteiger charge is -2.26. The molecule has 126 valence electrons. The molecule has 1 aliphatic rings. The van der Waals surface area contributed by atoms with Crippen molar-refractivity contribution in [3.63, 3.8) is 0 Å². The van der Waals surface area contributed by atoms with Crippen molar-refractivity contribution >= 4 is 11.0 Å². The molecule has 7 nitrogen and oxygen atoms in total. The highest BCUT2D eigenvalue weighted by Crippen LogP contribution is 2.14. The van der Waals surface area contributed by atoms with Crippen molar-refractivity contribution in [3.8, 4) is 0 Å². The number of nitrogens with one attached hydrogen (secondary N) is 2. The van der Waals surface area contributed by atoms with Gasteiger partial charge in [-0.3, -0.25) is 9.13 Å². The van der Waals surface area contributed by atoms with Gasteiger partial charge in [-0.25, -0.2) is 4.79 Å². The van der Waals surface area contributed by atoms with E-state index in [0.29, 0.717) is 32.8 Å². The van der Waals surface area contributed by atoms with Crippen LogP contribution >= 0.6 is 0 Å². The molecule has 2 aromatic rings. The van der Waals surface area contributed by atoms with E-state index < -0.39 is 5.60 Å². The second-order valence-corrected chi connectivity index (χ2v) is 6.28. The summed E-state index contributed by atoms with van der Waals surface area (Å²) >= 11 is 0. The van der Waals surface area contributed by atoms with Crippen LogP contribution < -0.4 is 16.3 Å². The predicted octanol–water partition coefficient (Wildman–Crippen LogP) is -0.682. The highest BCUT2D eigenvalue weighted by Gasteiger charge is 2.28. The van der Waals surface area contributed by atoms with Crippen molar-refractivity contribution in [2.75, 3.05) is 32.8 Å². The standard InChI is InChI=1S/C16H24N4O3/c1-19-13-4-3-12(7-14(13)20(2)15(19)21)8-18-10-16(22)9-17-5-6-23-11-16/h3-4,7,17-18,22H,5-6,8-11H2,1-2H3/t16-/m1/s1. The molecule has 0 bridgehead atoms. The summed E-state index contributed by atoms with van der Waals surface area (Å²) < 4.78 is 8.70. The molecule has 0 unspecified atom stereocenters. The first-order chi connectivity index (χ1) is 11.0. The Kier molecular flexibility index (Phi) is 4.54. The normalized spacial score (nSPS) is 22.4. The summed E-state index contributed by atoms with van der Waals surface area (Å²) in [6, 6.07) is 5.97. The third-order valence-electron chi connectivity index (χ3n) is 4.37. The van der Waals surface area contributed by atoms with Crippen LogP contribution in [0.1, 0.15) is 5.56 Å². The SMILES string of the molecule is Cn1c(=O)n(C)c2cc(CNC[C@]3(O)CNCCOC3)ccc21. The van der Waals surface area contributed by atoms with Gasteiger partial charge in [0.15, 0.2) is 0 Å². The fourth-order valence-corrected chi connectivity index (χ4v) is 2.99. The number of aromatic nitrogens is 2. The van der Waals surface area contributed by atoms with E-state index in [1.165, 1.54) is 0 Å². The van der Waals surface area contributed by atoms with E-state index in [1.807, 2.05) is 18.2 Å². The third kappa shape index (κ3) is 3.32. The molecule has 1 fully saturated rings. The number of hydrogen-bond donors (Lipinski definition) is 3. The highest BCUT2D eigenvalue weighted by molar-refractivity contribution is 5.76. The molecule has 2 heterocycles. The third-order valence-corrected chi connectivity index (χ3v) is 4.37. The number of aryl methyl sites for hydroxylation is 2. The smallest absolute Gasteiger partial charge is 0.328 e. The van der Waals surface area contributed by atoms with Gasteiger partial charge in [0.2, 0.25) is 0 Å². The lowest BCUT2D eigenvalue weighted by atomic mass is 10.1. The lowest BCUT2D eigenvalue weighted by molar-refractivity contribution is -0.0264. The molecule has 1 aliphatic heterocycles. The maximum Gasteiger partial charge on any atom is 0.328 e. The number of aliphatic hydroxyl groups is 1. The molecule has 0 amide bonds. The molecule has 1 aromatic carbocycles. The van der Waals surface area contributed by atoms with E-state index in [9.17, 15) is 9.90 Å². The second kappa shape index (κ2) is 6.45. The van der Waals surface area contributed by atoms with E-state index in [1.54, 1.807) is 23.2 Å². The van der Waals surface area contributed by atoms with Crippen molar-refractivity contribution in [3.05, 3.63) is 34.2 Å². The summed E-state index contributed by atoms with van der Waals surface area (Å²) in [6.45, 7) is 3.32. The Labute approximate surface area is 134 Å². The Morgan fingerprint density at radius 1 is 1.35 bits per heavy atom. The fourth-order valence-electron chi connectivity index (χ4n) is 2.99. The minimum absolute atomic E-state index is 0.0268. The molecule has 7 heteroatoms. The van der Waals surface area contributed by atoms with Crippen molar-refractivity contribution in [1.82, 2.24) is 19.8 Å². The summed E-state index contributed by atoms with van der Waals surface area (Å²) in [7, 11) is 3.55. The number of nitrogens with zero attached hydrogens (tertiary/aromatic N) is 2. The van der Waals surface area contributed by atoms with Crippen LogP contribution in [0.25, 0.3) is 11.0 Å². The zero-order chi connectivity index (χ0) is 16.4. The van der Waals surface area contributed by atoms with Gasteiger partial charge in [-0.1, -0.05) is 6.07 Å². The summed E-state index contributed by atoms with van der Waals surface area (Å²) in [5.41, 5.74) is 1.99. The summed E-state index contributed by atoms with van der Waals surface area (Å²) in [6.07, 6.45) is 0. The average Bonchev–Trinajstić information content (AvgIpc) is 2.71. The second-order valence-electron chi connectivity index (χ2n) is 6.28. The van der Waals surface area contributed by atoms with Crippen LogP contribution in [-0.4, -0.2) is 52.7 Å². The number of ether oxygens (including phenoxy) is 1. The number of rotatable bonds is 4. The molecule has 0 aliphatic carbocycles. The minimum atomic E-state index is -0.889. The van der Waals surface area contributed by atoms with Gasteiger partial charge >= 0.3 is 5.69 Å². The van der Waals surface area contributed by atoms with Crippen LogP contribution in [0.4, 0.5) is 0 Å². The van der Waals surface area contributed by atoms with Gasteiger partial charge in [-0.05, 0) is 17.7 Å². The number of imidazole rings is 1. The van der Waals surface area contributed by atoms with Crippen molar-refractivity contribution in [2.24, 2.45) is 14.1 Å². The van der Waals surface area contributed by atoms with Crippen LogP contribution in [-0.2, 0) is 25.4 Å². The lowest BCUT2D eigenvalue weighted by Crippen LogP contribution is -2.50. The zero-order valence-corrected chi connectivity index (χ0v) is 13.6. The zero-order valence-electron chi connectivity index (χ0n) is 13.6. The van der Waals surface area contributed by atoms with Gasteiger partial charge in [-0.2, -0.15) is 0 Å². The molecule has 0 saturated carbocycles. The summed E-state index contributed by atoms with van der Waals surface area (Å²) in [4.78, 5) is 12.0. The maximum absolute atomic E-state index is 12.0. The number of benzene rings is 1. The van der Waals surface area contributed by atoms with Gasteiger partial charge in [0, 0.05) is 40.3 Å². The van der Waals surface area contributed by atoms with E-state index >= 15 is 0 Å². The molecular weight excluding hydrogens is 296 g/mol. The van der Waals surface area contributed by atoms with Gasteiger partial charge in [0.25, 0.3) is 0 Å². The van der Waals surface area contributed by atoms with E-state index in [4.69, 9.17) is 4.74 Å². The van der Waals surface area contributed by atoms with Crippen LogP contribution in [0, 0.1) is 0 Å². The minimum Gasteiger partial charge on any atom is -0.385 e. The average molecular weight is 320 g/mol. The molecule has 23 heavy (non-hydrogen) atoms. The first-order valence-corrected chi connectivity index (χ1v) is 7.86. The van der Waals surface area contributed by atoms with Crippen LogP contribution in [0.3, 0.4) is 0 Å². The highest BCUT2D eigenvalue weighted by atomic mass is 16.5. The van der Waals surface area contributed by atoms with Crippen LogP contribution in [0.2, 0.25) is 0 Å². The Balaban J connectivity index is 1.67. The molecule has 0 spiro atoms. The van der Waals surface area contributed by atoms with Crippen molar-refractivity contribution in [1.29, 1.82) is 0 Å². The van der Waals surface area contributed by atoms with Gasteiger partial charge in [-0.15, -0.1) is 0 Å². The van der Waals surface area contributed by atoms with Gasteiger partial charge in [0.05, 0.1) is 24.2 Å². The van der Waals surface area contributed by atoms with Crippen molar-refractivity contribution < 1.29 is 9.84 Å². The number of fused-ring (bicyclic) bond motifs is 1. The molecule has 1 aromatic heterocycles. The van der Waals surface area contributed by atoms with E-state index in [2.05, 4.69) is 10.6 Å².